The molecule has 4 rings (SSSR count). The lowest BCUT2D eigenvalue weighted by molar-refractivity contribution is 0.274. The summed E-state index contributed by atoms with van der Waals surface area (Å²) >= 11 is 12.4. The summed E-state index contributed by atoms with van der Waals surface area (Å²) in [7, 11) is 0. The lowest BCUT2D eigenvalue weighted by Crippen LogP contribution is -2.41. The summed E-state index contributed by atoms with van der Waals surface area (Å²) in [6, 6.07) is 8.31. The maximum absolute atomic E-state index is 6.31. The lowest BCUT2D eigenvalue weighted by atomic mass is 9.81. The van der Waals surface area contributed by atoms with Gasteiger partial charge < -0.3 is 5.32 Å². The highest BCUT2D eigenvalue weighted by Crippen LogP contribution is 2.68. The minimum atomic E-state index is 0.0814. The van der Waals surface area contributed by atoms with Crippen molar-refractivity contribution < 1.29 is 0 Å². The van der Waals surface area contributed by atoms with Crippen LogP contribution in [-0.2, 0) is 17.4 Å². The van der Waals surface area contributed by atoms with Gasteiger partial charge in [0.1, 0.15) is 0 Å². The van der Waals surface area contributed by atoms with E-state index in [1.165, 1.54) is 12.0 Å². The standard InChI is InChI=1S/C20H25Cl2N3/c1-18(2,3)17-6-9-25(24-17)13-19-11-20(19,7-8-23-12-19)14-4-5-15(21)16(22)10-14/h4-6,9-10,23H,7-8,11-13H2,1-3H3/t19-,20-/m1/s1. The second kappa shape index (κ2) is 5.73. The van der Waals surface area contributed by atoms with Crippen molar-refractivity contribution in [1.82, 2.24) is 15.1 Å². The average Bonchev–Trinajstić information content (AvgIpc) is 2.98. The second-order valence-electron chi connectivity index (χ2n) is 8.74. The molecule has 0 unspecified atom stereocenters. The van der Waals surface area contributed by atoms with Crippen LogP contribution in [0.25, 0.3) is 0 Å². The van der Waals surface area contributed by atoms with Crippen molar-refractivity contribution in [3.8, 4) is 0 Å². The van der Waals surface area contributed by atoms with Crippen LogP contribution in [0.5, 0.6) is 0 Å². The molecule has 5 heteroatoms. The summed E-state index contributed by atoms with van der Waals surface area (Å²) in [4.78, 5) is 0. The maximum Gasteiger partial charge on any atom is 0.0677 e. The summed E-state index contributed by atoms with van der Waals surface area (Å²) in [6.45, 7) is 9.63. The van der Waals surface area contributed by atoms with Crippen molar-refractivity contribution in [3.63, 3.8) is 0 Å². The third kappa shape index (κ3) is 2.81. The third-order valence-electron chi connectivity index (χ3n) is 6.07. The Morgan fingerprint density at radius 2 is 2.00 bits per heavy atom. The first-order valence-corrected chi connectivity index (χ1v) is 9.72. The van der Waals surface area contributed by atoms with Gasteiger partial charge in [0, 0.05) is 35.5 Å². The molecule has 2 aromatic rings. The van der Waals surface area contributed by atoms with Gasteiger partial charge >= 0.3 is 0 Å². The second-order valence-corrected chi connectivity index (χ2v) is 9.56. The van der Waals surface area contributed by atoms with E-state index in [-0.39, 0.29) is 16.2 Å². The maximum atomic E-state index is 6.31. The van der Waals surface area contributed by atoms with E-state index < -0.39 is 0 Å². The molecule has 2 fully saturated rings. The molecule has 2 heterocycles. The first-order chi connectivity index (χ1) is 11.8. The fraction of sp³-hybridized carbons (Fsp3) is 0.550. The van der Waals surface area contributed by atoms with Gasteiger partial charge in [0.25, 0.3) is 0 Å². The Kier molecular flexibility index (Phi) is 3.99. The third-order valence-corrected chi connectivity index (χ3v) is 6.81. The van der Waals surface area contributed by atoms with Gasteiger partial charge in [0.15, 0.2) is 0 Å². The molecule has 0 bridgehead atoms. The first-order valence-electron chi connectivity index (χ1n) is 8.96. The number of nitrogens with zero attached hydrogens (tertiary/aromatic N) is 2. The van der Waals surface area contributed by atoms with Crippen LogP contribution in [0.2, 0.25) is 10.0 Å². The van der Waals surface area contributed by atoms with Gasteiger partial charge in [-0.05, 0) is 43.1 Å². The van der Waals surface area contributed by atoms with Crippen molar-refractivity contribution in [2.24, 2.45) is 5.41 Å². The van der Waals surface area contributed by atoms with Gasteiger partial charge in [0.2, 0.25) is 0 Å². The van der Waals surface area contributed by atoms with Crippen LogP contribution in [0, 0.1) is 5.41 Å². The Morgan fingerprint density at radius 3 is 2.68 bits per heavy atom. The van der Waals surface area contributed by atoms with Crippen LogP contribution < -0.4 is 5.32 Å². The van der Waals surface area contributed by atoms with Gasteiger partial charge in [-0.1, -0.05) is 50.0 Å². The van der Waals surface area contributed by atoms with Gasteiger partial charge in [-0.15, -0.1) is 0 Å². The average molecular weight is 378 g/mol. The van der Waals surface area contributed by atoms with Crippen LogP contribution in [0.15, 0.2) is 30.5 Å². The molecule has 1 aliphatic carbocycles. The van der Waals surface area contributed by atoms with Crippen LogP contribution >= 0.6 is 23.2 Å². The molecule has 0 spiro atoms. The molecule has 1 saturated heterocycles. The summed E-state index contributed by atoms with van der Waals surface area (Å²) < 4.78 is 2.13. The van der Waals surface area contributed by atoms with E-state index in [0.717, 1.165) is 31.7 Å². The molecular weight excluding hydrogens is 353 g/mol. The fourth-order valence-electron chi connectivity index (χ4n) is 4.52. The normalized spacial score (nSPS) is 28.7. The predicted octanol–water partition coefficient (Wildman–Crippen LogP) is 4.81. The monoisotopic (exact) mass is 377 g/mol. The number of fused-ring (bicyclic) bond motifs is 1. The molecule has 25 heavy (non-hydrogen) atoms. The Labute approximate surface area is 159 Å². The highest BCUT2D eigenvalue weighted by atomic mass is 35.5. The molecule has 0 amide bonds. The van der Waals surface area contributed by atoms with Gasteiger partial charge in [-0.2, -0.15) is 5.10 Å². The number of rotatable bonds is 3. The smallest absolute Gasteiger partial charge is 0.0677 e. The minimum absolute atomic E-state index is 0.0814. The molecule has 1 aromatic heterocycles. The quantitative estimate of drug-likeness (QED) is 0.831. The van der Waals surface area contributed by atoms with Crippen molar-refractivity contribution in [3.05, 3.63) is 51.8 Å². The summed E-state index contributed by atoms with van der Waals surface area (Å²) in [5, 5.41) is 9.72. The lowest BCUT2D eigenvalue weighted by Gasteiger charge is -2.32. The van der Waals surface area contributed by atoms with E-state index in [1.807, 2.05) is 6.07 Å². The number of benzene rings is 1. The molecule has 1 N–H and O–H groups in total. The van der Waals surface area contributed by atoms with Crippen LogP contribution in [0.1, 0.15) is 44.9 Å². The molecule has 1 aliphatic heterocycles. The van der Waals surface area contributed by atoms with Gasteiger partial charge in [-0.25, -0.2) is 0 Å². The molecule has 134 valence electrons. The van der Waals surface area contributed by atoms with E-state index >= 15 is 0 Å². The molecule has 1 saturated carbocycles. The topological polar surface area (TPSA) is 29.9 Å². The fourth-order valence-corrected chi connectivity index (χ4v) is 4.82. The molecule has 0 radical (unpaired) electrons. The molecule has 1 aromatic carbocycles. The SMILES string of the molecule is CC(C)(C)c1ccn(C[C@@]23CNCC[C@]2(c2ccc(Cl)c(Cl)c2)C3)n1. The molecule has 2 aliphatic rings. The first kappa shape index (κ1) is 17.4. The van der Waals surface area contributed by atoms with E-state index in [0.29, 0.717) is 10.0 Å². The molecular formula is C20H25Cl2N3. The number of hydrogen-bond acceptors (Lipinski definition) is 2. The zero-order chi connectivity index (χ0) is 17.9. The van der Waals surface area contributed by atoms with E-state index in [1.54, 1.807) is 0 Å². The number of hydrogen-bond donors (Lipinski definition) is 1. The van der Waals surface area contributed by atoms with Crippen LogP contribution in [-0.4, -0.2) is 22.9 Å². The Balaban J connectivity index is 1.64. The van der Waals surface area contributed by atoms with E-state index in [2.05, 4.69) is 55.2 Å². The number of aromatic nitrogens is 2. The van der Waals surface area contributed by atoms with Crippen molar-refractivity contribution in [1.29, 1.82) is 0 Å². The number of halogens is 2. The highest BCUT2D eigenvalue weighted by Gasteiger charge is 2.68. The number of piperidine rings is 1. The van der Waals surface area contributed by atoms with Crippen molar-refractivity contribution >= 4 is 23.2 Å². The zero-order valence-corrected chi connectivity index (χ0v) is 16.6. The largest absolute Gasteiger partial charge is 0.316 e. The molecule has 2 atom stereocenters. The van der Waals surface area contributed by atoms with Crippen LogP contribution in [0.4, 0.5) is 0 Å². The van der Waals surface area contributed by atoms with E-state index in [4.69, 9.17) is 28.3 Å². The van der Waals surface area contributed by atoms with Crippen molar-refractivity contribution in [2.45, 2.75) is 51.0 Å². The van der Waals surface area contributed by atoms with E-state index in [9.17, 15) is 0 Å². The zero-order valence-electron chi connectivity index (χ0n) is 15.1. The van der Waals surface area contributed by atoms with Crippen LogP contribution in [0.3, 0.4) is 0 Å². The Morgan fingerprint density at radius 1 is 1.20 bits per heavy atom. The minimum Gasteiger partial charge on any atom is -0.316 e. The molecule has 3 nitrogen and oxygen atoms in total. The summed E-state index contributed by atoms with van der Waals surface area (Å²) in [6.07, 6.45) is 4.44. The van der Waals surface area contributed by atoms with Crippen molar-refractivity contribution in [2.75, 3.05) is 13.1 Å². The summed E-state index contributed by atoms with van der Waals surface area (Å²) in [5.41, 5.74) is 2.96. The predicted molar refractivity (Wildman–Crippen MR) is 104 cm³/mol. The Bertz CT molecular complexity index is 808. The van der Waals surface area contributed by atoms with Gasteiger partial charge in [0.05, 0.1) is 15.7 Å². The summed E-state index contributed by atoms with van der Waals surface area (Å²) in [5.74, 6) is 0. The highest BCUT2D eigenvalue weighted by molar-refractivity contribution is 6.42. The van der Waals surface area contributed by atoms with Gasteiger partial charge in [-0.3, -0.25) is 4.68 Å². The Hall–Kier alpha value is -1.03. The number of nitrogens with one attached hydrogen (secondary N) is 1.